The molecule has 1 aromatic rings. The minimum Gasteiger partial charge on any atom is -0.342 e. The number of nitrogens with one attached hydrogen (secondary N) is 1. The molecule has 0 radical (unpaired) electrons. The van der Waals surface area contributed by atoms with Gasteiger partial charge in [0.1, 0.15) is 12.1 Å². The third kappa shape index (κ3) is 4.26. The first-order valence-electron chi connectivity index (χ1n) is 10.6. The molecule has 1 aromatic heterocycles. The first-order valence-corrected chi connectivity index (χ1v) is 11.5. The maximum Gasteiger partial charge on any atom is 0.246 e. The minimum atomic E-state index is -0.370. The molecule has 3 aliphatic heterocycles. The highest BCUT2D eigenvalue weighted by Crippen LogP contribution is 2.24. The van der Waals surface area contributed by atoms with Gasteiger partial charge in [0.2, 0.25) is 11.8 Å². The van der Waals surface area contributed by atoms with Crippen molar-refractivity contribution in [2.24, 2.45) is 5.92 Å². The van der Waals surface area contributed by atoms with E-state index in [1.54, 1.807) is 4.90 Å². The topological polar surface area (TPSA) is 55.9 Å². The molecule has 0 aliphatic carbocycles. The maximum absolute atomic E-state index is 12.7. The monoisotopic (exact) mass is 404 g/mol. The molecular weight excluding hydrogens is 372 g/mol. The van der Waals surface area contributed by atoms with Crippen molar-refractivity contribution in [1.29, 1.82) is 0 Å². The van der Waals surface area contributed by atoms with Crippen LogP contribution in [0.5, 0.6) is 0 Å². The fourth-order valence-electron chi connectivity index (χ4n) is 4.56. The first kappa shape index (κ1) is 19.9. The lowest BCUT2D eigenvalue weighted by atomic mass is 9.96. The summed E-state index contributed by atoms with van der Waals surface area (Å²) in [6, 6.07) is 3.78. The number of piperidine rings is 1. The highest BCUT2D eigenvalue weighted by Gasteiger charge is 2.44. The molecule has 4 rings (SSSR count). The minimum absolute atomic E-state index is 0.0000305. The van der Waals surface area contributed by atoms with Crippen LogP contribution >= 0.6 is 11.3 Å². The van der Waals surface area contributed by atoms with Gasteiger partial charge in [-0.25, -0.2) is 0 Å². The Kier molecular flexibility index (Phi) is 6.04. The summed E-state index contributed by atoms with van der Waals surface area (Å²) in [5.74, 6) is 0.207. The second-order valence-electron chi connectivity index (χ2n) is 8.72. The summed E-state index contributed by atoms with van der Waals surface area (Å²) in [6.07, 6.45) is 4.01. The van der Waals surface area contributed by atoms with Crippen LogP contribution in [-0.2, 0) is 22.7 Å². The van der Waals surface area contributed by atoms with Crippen LogP contribution in [0, 0.1) is 5.92 Å². The molecule has 6 nitrogen and oxygen atoms in total. The average Bonchev–Trinajstić information content (AvgIpc) is 3.12. The van der Waals surface area contributed by atoms with Crippen LogP contribution in [-0.4, -0.2) is 71.3 Å². The Morgan fingerprint density at radius 2 is 1.68 bits per heavy atom. The number of hydrogen-bond acceptors (Lipinski definition) is 5. The highest BCUT2D eigenvalue weighted by atomic mass is 32.1. The highest BCUT2D eigenvalue weighted by molar-refractivity contribution is 7.11. The Balaban J connectivity index is 1.34. The van der Waals surface area contributed by atoms with Gasteiger partial charge >= 0.3 is 0 Å². The predicted molar refractivity (Wildman–Crippen MR) is 111 cm³/mol. The summed E-state index contributed by atoms with van der Waals surface area (Å²) in [5.41, 5.74) is 0. The lowest BCUT2D eigenvalue weighted by Gasteiger charge is -2.46. The summed E-state index contributed by atoms with van der Waals surface area (Å²) >= 11 is 1.89. The Bertz CT molecular complexity index is 713. The number of piperazine rings is 2. The van der Waals surface area contributed by atoms with Crippen LogP contribution in [0.15, 0.2) is 12.1 Å². The molecule has 4 heterocycles. The Labute approximate surface area is 171 Å². The summed E-state index contributed by atoms with van der Waals surface area (Å²) in [6.45, 7) is 10.4. The molecule has 0 aromatic carbocycles. The normalized spacial score (nSPS) is 27.2. The number of fused-ring (bicyclic) bond motifs is 1. The van der Waals surface area contributed by atoms with Gasteiger partial charge in [-0.2, -0.15) is 0 Å². The number of thiophene rings is 1. The summed E-state index contributed by atoms with van der Waals surface area (Å²) in [4.78, 5) is 34.7. The second-order valence-corrected chi connectivity index (χ2v) is 9.97. The fourth-order valence-corrected chi connectivity index (χ4v) is 5.67. The zero-order valence-corrected chi connectivity index (χ0v) is 17.8. The van der Waals surface area contributed by atoms with E-state index in [-0.39, 0.29) is 29.8 Å². The van der Waals surface area contributed by atoms with E-state index >= 15 is 0 Å². The number of amides is 2. The molecule has 2 amide bonds. The van der Waals surface area contributed by atoms with E-state index in [4.69, 9.17) is 0 Å². The molecular formula is C21H32N4O2S. The largest absolute Gasteiger partial charge is 0.342 e. The number of likely N-dealkylation sites (tertiary alicyclic amines) is 1. The van der Waals surface area contributed by atoms with Gasteiger partial charge in [0.05, 0.1) is 0 Å². The van der Waals surface area contributed by atoms with E-state index < -0.39 is 0 Å². The predicted octanol–water partition coefficient (Wildman–Crippen LogP) is 1.90. The van der Waals surface area contributed by atoms with E-state index in [0.29, 0.717) is 13.1 Å². The molecule has 3 aliphatic rings. The third-order valence-electron chi connectivity index (χ3n) is 6.21. The van der Waals surface area contributed by atoms with E-state index in [9.17, 15) is 9.59 Å². The molecule has 7 heteroatoms. The molecule has 0 saturated carbocycles. The van der Waals surface area contributed by atoms with E-state index in [1.807, 2.05) is 25.2 Å². The number of carbonyl (C=O) groups excluding carboxylic acids is 2. The van der Waals surface area contributed by atoms with E-state index in [1.165, 1.54) is 42.1 Å². The summed E-state index contributed by atoms with van der Waals surface area (Å²) in [5, 5.41) is 2.94. The van der Waals surface area contributed by atoms with Crippen LogP contribution in [0.25, 0.3) is 0 Å². The molecule has 0 spiro atoms. The van der Waals surface area contributed by atoms with Crippen molar-refractivity contribution in [3.8, 4) is 0 Å². The second kappa shape index (κ2) is 8.51. The molecule has 154 valence electrons. The van der Waals surface area contributed by atoms with Crippen LogP contribution in [0.3, 0.4) is 0 Å². The summed E-state index contributed by atoms with van der Waals surface area (Å²) < 4.78 is 0. The number of carbonyl (C=O) groups is 2. The van der Waals surface area contributed by atoms with Gasteiger partial charge in [0.25, 0.3) is 0 Å². The molecule has 3 saturated heterocycles. The molecule has 0 bridgehead atoms. The quantitative estimate of drug-likeness (QED) is 0.814. The van der Waals surface area contributed by atoms with E-state index in [2.05, 4.69) is 27.2 Å². The average molecular weight is 405 g/mol. The van der Waals surface area contributed by atoms with Gasteiger partial charge in [-0.15, -0.1) is 11.3 Å². The fraction of sp³-hybridized carbons (Fsp3) is 0.714. The zero-order chi connectivity index (χ0) is 19.7. The Hall–Kier alpha value is -1.44. The molecule has 1 N–H and O–H groups in total. The van der Waals surface area contributed by atoms with Crippen LogP contribution in [0.4, 0.5) is 0 Å². The standard InChI is InChI=1S/C21H32N4O2S/c1-15(2)19-21(27)25-11-10-24(14-18(25)20(26)22-19)13-17-7-6-16(28-17)12-23-8-4-3-5-9-23/h6-7,15,18-19H,3-5,8-14H2,1-2H3,(H,22,26)/t18-,19+/m1/s1. The van der Waals surface area contributed by atoms with Gasteiger partial charge < -0.3 is 10.2 Å². The lowest BCUT2D eigenvalue weighted by Crippen LogP contribution is -2.69. The van der Waals surface area contributed by atoms with Crippen molar-refractivity contribution in [2.75, 3.05) is 32.7 Å². The van der Waals surface area contributed by atoms with Crippen LogP contribution in [0.1, 0.15) is 42.9 Å². The van der Waals surface area contributed by atoms with Crippen molar-refractivity contribution in [1.82, 2.24) is 20.0 Å². The van der Waals surface area contributed by atoms with Gasteiger partial charge in [-0.1, -0.05) is 20.3 Å². The first-order chi connectivity index (χ1) is 13.5. The summed E-state index contributed by atoms with van der Waals surface area (Å²) in [7, 11) is 0. The maximum atomic E-state index is 12.7. The number of rotatable bonds is 5. The smallest absolute Gasteiger partial charge is 0.246 e. The lowest BCUT2D eigenvalue weighted by molar-refractivity contribution is -0.154. The molecule has 2 atom stereocenters. The Morgan fingerprint density at radius 3 is 2.36 bits per heavy atom. The van der Waals surface area contributed by atoms with Gasteiger partial charge in [0, 0.05) is 42.5 Å². The van der Waals surface area contributed by atoms with Crippen molar-refractivity contribution in [2.45, 2.75) is 58.3 Å². The van der Waals surface area contributed by atoms with Gasteiger partial charge in [-0.05, 0) is 44.0 Å². The van der Waals surface area contributed by atoms with E-state index in [0.717, 1.165) is 19.6 Å². The van der Waals surface area contributed by atoms with Crippen molar-refractivity contribution in [3.05, 3.63) is 21.9 Å². The molecule has 3 fully saturated rings. The number of nitrogens with zero attached hydrogens (tertiary/aromatic N) is 3. The Morgan fingerprint density at radius 1 is 1.00 bits per heavy atom. The number of hydrogen-bond donors (Lipinski definition) is 1. The van der Waals surface area contributed by atoms with Crippen LogP contribution in [0.2, 0.25) is 0 Å². The molecule has 0 unspecified atom stereocenters. The van der Waals surface area contributed by atoms with Crippen LogP contribution < -0.4 is 5.32 Å². The van der Waals surface area contributed by atoms with Gasteiger partial charge in [0.15, 0.2) is 0 Å². The van der Waals surface area contributed by atoms with Gasteiger partial charge in [-0.3, -0.25) is 19.4 Å². The zero-order valence-electron chi connectivity index (χ0n) is 17.0. The van der Waals surface area contributed by atoms with Crippen molar-refractivity contribution < 1.29 is 9.59 Å². The third-order valence-corrected chi connectivity index (χ3v) is 7.26. The van der Waals surface area contributed by atoms with Crippen molar-refractivity contribution >= 4 is 23.2 Å². The van der Waals surface area contributed by atoms with Crippen molar-refractivity contribution in [3.63, 3.8) is 0 Å². The SMILES string of the molecule is CC(C)[C@@H]1NC(=O)[C@H]2CN(Cc3ccc(CN4CCCCC4)s3)CCN2C1=O. The molecule has 28 heavy (non-hydrogen) atoms.